The number of hydrogen-bond donors (Lipinski definition) is 2. The first-order valence-electron chi connectivity index (χ1n) is 19.5. The first-order valence-corrected chi connectivity index (χ1v) is 21.4. The molecular formula is C41H36ClF9N8O4S. The number of benzene rings is 3. The maximum atomic E-state index is 15.5. The quantitative estimate of drug-likeness (QED) is 0.0816. The van der Waals surface area contributed by atoms with Gasteiger partial charge in [-0.25, -0.2) is 22.5 Å². The SMILES string of the molecule is Cn1nc(N[S+](C)[O-])c2c(Cl)ccc(-n3c(C(Cc4cc(F)cc(F)c4)NC(=O)Cn4nc(C(F)F)c5c4C(F)(F)C4CC54)nc4cc(OCCC(C)(C)C(F)(F)F)ccc4c3=O)c21. The lowest BCUT2D eigenvalue weighted by Gasteiger charge is -2.27. The first-order chi connectivity index (χ1) is 30.0. The first kappa shape index (κ1) is 45.1. The summed E-state index contributed by atoms with van der Waals surface area (Å²) < 4.78 is 153. The molecule has 1 amide bonds. The number of fused-ring (bicyclic) bond motifs is 5. The summed E-state index contributed by atoms with van der Waals surface area (Å²) in [6, 6.07) is 7.57. The Kier molecular flexibility index (Phi) is 11.4. The van der Waals surface area contributed by atoms with Crippen LogP contribution < -0.4 is 20.3 Å². The average Bonchev–Trinajstić information content (AvgIpc) is 3.72. The number of nitrogens with zero attached hydrogens (tertiary/aromatic N) is 6. The van der Waals surface area contributed by atoms with Crippen LogP contribution in [0.4, 0.5) is 45.3 Å². The summed E-state index contributed by atoms with van der Waals surface area (Å²) in [7, 11) is 1.49. The highest BCUT2D eigenvalue weighted by molar-refractivity contribution is 7.92. The minimum absolute atomic E-state index is 0.000916. The molecule has 3 aromatic heterocycles. The maximum Gasteiger partial charge on any atom is 0.394 e. The number of anilines is 1. The van der Waals surface area contributed by atoms with Crippen LogP contribution in [-0.4, -0.2) is 58.6 Å². The zero-order valence-electron chi connectivity index (χ0n) is 34.0. The van der Waals surface area contributed by atoms with Crippen LogP contribution in [-0.2, 0) is 42.1 Å². The van der Waals surface area contributed by atoms with E-state index in [1.54, 1.807) is 0 Å². The Morgan fingerprint density at radius 3 is 2.44 bits per heavy atom. The van der Waals surface area contributed by atoms with Crippen molar-refractivity contribution in [3.8, 4) is 11.4 Å². The molecule has 0 aliphatic heterocycles. The summed E-state index contributed by atoms with van der Waals surface area (Å²) in [4.78, 5) is 33.8. The Bertz CT molecular complexity index is 2880. The van der Waals surface area contributed by atoms with Gasteiger partial charge in [0, 0.05) is 37.1 Å². The van der Waals surface area contributed by atoms with Crippen LogP contribution in [0.2, 0.25) is 5.02 Å². The Hall–Kier alpha value is -5.48. The predicted octanol–water partition coefficient (Wildman–Crippen LogP) is 8.71. The molecule has 12 nitrogen and oxygen atoms in total. The van der Waals surface area contributed by atoms with E-state index < -0.39 is 114 Å². The van der Waals surface area contributed by atoms with Crippen LogP contribution in [0.25, 0.3) is 27.5 Å². The highest BCUT2D eigenvalue weighted by Crippen LogP contribution is 2.68. The van der Waals surface area contributed by atoms with Crippen LogP contribution in [0.3, 0.4) is 0 Å². The minimum Gasteiger partial charge on any atom is -0.593 e. The summed E-state index contributed by atoms with van der Waals surface area (Å²) >= 11 is 4.97. The molecule has 340 valence electrons. The molecule has 3 heterocycles. The lowest BCUT2D eigenvalue weighted by molar-refractivity contribution is -0.215. The molecule has 0 radical (unpaired) electrons. The molecule has 2 N–H and O–H groups in total. The lowest BCUT2D eigenvalue weighted by Crippen LogP contribution is -2.38. The molecule has 2 aliphatic carbocycles. The van der Waals surface area contributed by atoms with E-state index in [-0.39, 0.29) is 67.5 Å². The maximum absolute atomic E-state index is 15.5. The third kappa shape index (κ3) is 8.12. The highest BCUT2D eigenvalue weighted by atomic mass is 35.5. The molecule has 6 aromatic rings. The summed E-state index contributed by atoms with van der Waals surface area (Å²) in [6.07, 6.45) is -7.44. The topological polar surface area (TPSA) is 144 Å². The number of aromatic nitrogens is 6. The summed E-state index contributed by atoms with van der Waals surface area (Å²) in [6.45, 7) is 0.583. The highest BCUT2D eigenvalue weighted by Gasteiger charge is 2.67. The van der Waals surface area contributed by atoms with Gasteiger partial charge in [0.25, 0.3) is 17.9 Å². The van der Waals surface area contributed by atoms with Crippen LogP contribution >= 0.6 is 11.6 Å². The molecule has 1 saturated carbocycles. The van der Waals surface area contributed by atoms with E-state index in [1.165, 1.54) is 48.3 Å². The zero-order chi connectivity index (χ0) is 46.4. The second kappa shape index (κ2) is 16.2. The monoisotopic (exact) mass is 942 g/mol. The Balaban J connectivity index is 1.30. The number of alkyl halides is 7. The molecular weight excluding hydrogens is 907 g/mol. The molecule has 0 bridgehead atoms. The summed E-state index contributed by atoms with van der Waals surface area (Å²) in [5.41, 5.74) is -4.99. The van der Waals surface area contributed by atoms with Crippen LogP contribution in [0, 0.1) is 23.0 Å². The third-order valence-corrected chi connectivity index (χ3v) is 12.3. The van der Waals surface area contributed by atoms with Gasteiger partial charge in [0.1, 0.15) is 47.4 Å². The summed E-state index contributed by atoms with van der Waals surface area (Å²) in [5, 5.41) is 10.9. The van der Waals surface area contributed by atoms with Gasteiger partial charge in [-0.05, 0) is 60.7 Å². The average molecular weight is 943 g/mol. The van der Waals surface area contributed by atoms with Crippen LogP contribution in [0.15, 0.2) is 53.3 Å². The van der Waals surface area contributed by atoms with Crippen molar-refractivity contribution in [3.05, 3.63) is 104 Å². The number of halogens is 10. The van der Waals surface area contributed by atoms with Crippen molar-refractivity contribution in [1.29, 1.82) is 0 Å². The minimum atomic E-state index is -4.54. The molecule has 1 fully saturated rings. The van der Waals surface area contributed by atoms with E-state index >= 15 is 8.78 Å². The van der Waals surface area contributed by atoms with E-state index in [1.807, 2.05) is 0 Å². The molecule has 0 saturated heterocycles. The smallest absolute Gasteiger partial charge is 0.394 e. The molecule has 64 heavy (non-hydrogen) atoms. The summed E-state index contributed by atoms with van der Waals surface area (Å²) in [5.74, 6) is -9.11. The fourth-order valence-electron chi connectivity index (χ4n) is 8.18. The fraction of sp³-hybridized carbons (Fsp3) is 0.390. The largest absolute Gasteiger partial charge is 0.593 e. The van der Waals surface area contributed by atoms with Crippen molar-refractivity contribution in [2.24, 2.45) is 18.4 Å². The lowest BCUT2D eigenvalue weighted by atomic mass is 9.89. The Morgan fingerprint density at radius 1 is 1.08 bits per heavy atom. The number of hydrogen-bond acceptors (Lipinski definition) is 8. The normalized spacial score (nSPS) is 17.8. The van der Waals surface area contributed by atoms with Crippen molar-refractivity contribution < 1.29 is 53.6 Å². The number of amides is 1. The molecule has 8 rings (SSSR count). The van der Waals surface area contributed by atoms with E-state index in [0.717, 1.165) is 30.5 Å². The Labute approximate surface area is 365 Å². The van der Waals surface area contributed by atoms with Gasteiger partial charge in [0.05, 0.1) is 61.9 Å². The second-order valence-electron chi connectivity index (χ2n) is 16.4. The molecule has 4 unspecified atom stereocenters. The van der Waals surface area contributed by atoms with Crippen molar-refractivity contribution in [1.82, 2.24) is 34.4 Å². The standard InChI is InChI=1S/C41H36ClF9N8O4S/c1-39(2,41(49,50)51)9-10-63-21-5-6-22-26(15-21)53-37(59(38(22)61)28-8-7-25(42)31-33(28)57(3)55-36(31)56-64(4)62)27(13-18-11-19(43)14-20(44)12-18)52-29(60)17-58-34-30(32(54-58)35(45)46)23-16-24(23)40(34,47)48/h5-8,11-12,14-15,23-24,27,35H,9-10,13,16-17H2,1-4H3,(H,52,60)(H,55,56). The molecule has 3 aromatic carbocycles. The van der Waals surface area contributed by atoms with Gasteiger partial charge in [-0.15, -0.1) is 5.10 Å². The fourth-order valence-corrected chi connectivity index (χ4v) is 8.83. The number of carbonyl (C=O) groups excluding carboxylic acids is 1. The van der Waals surface area contributed by atoms with E-state index in [4.69, 9.17) is 21.3 Å². The van der Waals surface area contributed by atoms with Gasteiger partial charge in [-0.2, -0.15) is 31.8 Å². The number of ether oxygens (including phenoxy) is 1. The number of carbonyl (C=O) groups is 1. The van der Waals surface area contributed by atoms with Gasteiger partial charge < -0.3 is 14.6 Å². The van der Waals surface area contributed by atoms with Crippen LogP contribution in [0.5, 0.6) is 5.75 Å². The van der Waals surface area contributed by atoms with Gasteiger partial charge in [-0.1, -0.05) is 25.4 Å². The predicted molar refractivity (Wildman–Crippen MR) is 217 cm³/mol. The number of aryl methyl sites for hydroxylation is 1. The van der Waals surface area contributed by atoms with E-state index in [2.05, 4.69) is 20.2 Å². The number of nitrogens with one attached hydrogen (secondary N) is 2. The Morgan fingerprint density at radius 2 is 1.78 bits per heavy atom. The van der Waals surface area contributed by atoms with Gasteiger partial charge >= 0.3 is 6.18 Å². The molecule has 0 spiro atoms. The molecule has 2 aliphatic rings. The van der Waals surface area contributed by atoms with Gasteiger partial charge in [-0.3, -0.25) is 23.5 Å². The van der Waals surface area contributed by atoms with E-state index in [9.17, 15) is 44.9 Å². The van der Waals surface area contributed by atoms with Crippen molar-refractivity contribution in [3.63, 3.8) is 0 Å². The molecule has 23 heteroatoms. The van der Waals surface area contributed by atoms with Crippen molar-refractivity contribution in [2.75, 3.05) is 17.6 Å². The van der Waals surface area contributed by atoms with Crippen molar-refractivity contribution >= 4 is 56.5 Å². The second-order valence-corrected chi connectivity index (χ2v) is 17.9. The third-order valence-electron chi connectivity index (χ3n) is 11.5. The van der Waals surface area contributed by atoms with Crippen LogP contribution in [0.1, 0.15) is 73.4 Å². The van der Waals surface area contributed by atoms with Crippen molar-refractivity contribution in [2.45, 2.75) is 70.1 Å². The zero-order valence-corrected chi connectivity index (χ0v) is 35.5. The van der Waals surface area contributed by atoms with Gasteiger partial charge in [0.15, 0.2) is 0 Å². The van der Waals surface area contributed by atoms with E-state index in [0.29, 0.717) is 10.7 Å². The number of rotatable bonds is 14. The van der Waals surface area contributed by atoms with Gasteiger partial charge in [0.2, 0.25) is 11.7 Å². The molecule has 4 atom stereocenters.